The Bertz CT molecular complexity index is 793. The Morgan fingerprint density at radius 1 is 1.00 bits per heavy atom. The third-order valence-corrected chi connectivity index (χ3v) is 6.31. The zero-order valence-electron chi connectivity index (χ0n) is 16.0. The van der Waals surface area contributed by atoms with Gasteiger partial charge in [0.15, 0.2) is 0 Å². The van der Waals surface area contributed by atoms with Gasteiger partial charge in [-0.3, -0.25) is 4.39 Å². The number of fused-ring (bicyclic) bond motifs is 1. The maximum absolute atomic E-state index is 14.9. The van der Waals surface area contributed by atoms with Gasteiger partial charge in [0.05, 0.1) is 6.67 Å². The van der Waals surface area contributed by atoms with E-state index in [1.807, 2.05) is 24.3 Å². The van der Waals surface area contributed by atoms with Crippen LogP contribution >= 0.6 is 0 Å². The number of hydrogen-bond acceptors (Lipinski definition) is 1. The first-order valence-electron chi connectivity index (χ1n) is 10.3. The number of aryl methyl sites for hydroxylation is 1. The second kappa shape index (κ2) is 8.00. The lowest BCUT2D eigenvalue weighted by Crippen LogP contribution is -2.23. The van der Waals surface area contributed by atoms with Gasteiger partial charge < -0.3 is 4.74 Å². The predicted molar refractivity (Wildman–Crippen MR) is 106 cm³/mol. The number of halogens is 2. The standard InChI is InChI=1S/C24H28F2O/c1-16-2-4-17(5-3-16)18-7-10-22(23(26)15-18)19-8-11-24-20(14-19)6-9-21(27-24)12-13-25/h7-8,10-11,14-17,21H,2-6,9,12-13H2,1H3. The normalized spacial score (nSPS) is 24.9. The van der Waals surface area contributed by atoms with Gasteiger partial charge in [0, 0.05) is 12.0 Å². The lowest BCUT2D eigenvalue weighted by Gasteiger charge is -2.27. The summed E-state index contributed by atoms with van der Waals surface area (Å²) in [4.78, 5) is 0. The molecular formula is C24H28F2O. The SMILES string of the molecule is CC1CCC(c2ccc(-c3ccc4c(c3)CCC(CCF)O4)c(F)c2)CC1. The molecule has 0 N–H and O–H groups in total. The van der Waals surface area contributed by atoms with E-state index in [2.05, 4.69) is 13.0 Å². The van der Waals surface area contributed by atoms with Crippen molar-refractivity contribution < 1.29 is 13.5 Å². The molecule has 0 radical (unpaired) electrons. The maximum Gasteiger partial charge on any atom is 0.131 e. The van der Waals surface area contributed by atoms with Crippen LogP contribution in [0.3, 0.4) is 0 Å². The summed E-state index contributed by atoms with van der Waals surface area (Å²) < 4.78 is 33.3. The van der Waals surface area contributed by atoms with E-state index in [1.54, 1.807) is 6.07 Å². The quantitative estimate of drug-likeness (QED) is 0.572. The molecule has 1 fully saturated rings. The van der Waals surface area contributed by atoms with Gasteiger partial charge in [-0.05, 0) is 72.4 Å². The second-order valence-electron chi connectivity index (χ2n) is 8.27. The highest BCUT2D eigenvalue weighted by Crippen LogP contribution is 2.38. The Kier molecular flexibility index (Phi) is 5.47. The van der Waals surface area contributed by atoms with E-state index in [1.165, 1.54) is 12.8 Å². The monoisotopic (exact) mass is 370 g/mol. The molecule has 1 aliphatic carbocycles. The molecule has 2 aliphatic rings. The van der Waals surface area contributed by atoms with Crippen LogP contribution in [0.25, 0.3) is 11.1 Å². The van der Waals surface area contributed by atoms with Crippen molar-refractivity contribution in [1.29, 1.82) is 0 Å². The van der Waals surface area contributed by atoms with E-state index < -0.39 is 0 Å². The lowest BCUT2D eigenvalue weighted by atomic mass is 9.79. The third-order valence-electron chi connectivity index (χ3n) is 6.31. The van der Waals surface area contributed by atoms with E-state index in [0.29, 0.717) is 17.9 Å². The fraction of sp³-hybridized carbons (Fsp3) is 0.500. The van der Waals surface area contributed by atoms with Gasteiger partial charge in [-0.15, -0.1) is 0 Å². The van der Waals surface area contributed by atoms with Crippen LogP contribution in [0.1, 0.15) is 62.5 Å². The average molecular weight is 370 g/mol. The van der Waals surface area contributed by atoms with Crippen molar-refractivity contribution in [2.75, 3.05) is 6.67 Å². The van der Waals surface area contributed by atoms with Gasteiger partial charge in [0.1, 0.15) is 17.7 Å². The van der Waals surface area contributed by atoms with Crippen LogP contribution in [0, 0.1) is 11.7 Å². The first kappa shape index (κ1) is 18.5. The first-order valence-corrected chi connectivity index (χ1v) is 10.3. The molecular weight excluding hydrogens is 342 g/mol. The molecule has 27 heavy (non-hydrogen) atoms. The van der Waals surface area contributed by atoms with Crippen molar-refractivity contribution in [3.05, 3.63) is 53.3 Å². The summed E-state index contributed by atoms with van der Waals surface area (Å²) in [5, 5.41) is 0. The van der Waals surface area contributed by atoms with Crippen LogP contribution in [-0.4, -0.2) is 12.8 Å². The highest BCUT2D eigenvalue weighted by atomic mass is 19.1. The fourth-order valence-corrected chi connectivity index (χ4v) is 4.55. The first-order chi connectivity index (χ1) is 13.1. The van der Waals surface area contributed by atoms with Gasteiger partial charge in [0.25, 0.3) is 0 Å². The highest BCUT2D eigenvalue weighted by molar-refractivity contribution is 5.67. The minimum Gasteiger partial charge on any atom is -0.490 e. The smallest absolute Gasteiger partial charge is 0.131 e. The summed E-state index contributed by atoms with van der Waals surface area (Å²) in [6.45, 7) is 1.95. The van der Waals surface area contributed by atoms with E-state index in [9.17, 15) is 8.78 Å². The lowest BCUT2D eigenvalue weighted by molar-refractivity contribution is 0.153. The summed E-state index contributed by atoms with van der Waals surface area (Å²) in [6.07, 6.45) is 6.88. The van der Waals surface area contributed by atoms with Crippen molar-refractivity contribution in [2.24, 2.45) is 5.92 Å². The van der Waals surface area contributed by atoms with Gasteiger partial charge in [-0.2, -0.15) is 0 Å². The molecule has 0 bridgehead atoms. The number of benzene rings is 2. The summed E-state index contributed by atoms with van der Waals surface area (Å²) >= 11 is 0. The molecule has 0 spiro atoms. The summed E-state index contributed by atoms with van der Waals surface area (Å²) in [5.74, 6) is 1.97. The van der Waals surface area contributed by atoms with Crippen molar-refractivity contribution in [2.45, 2.75) is 63.9 Å². The van der Waals surface area contributed by atoms with Gasteiger partial charge in [-0.1, -0.05) is 38.0 Å². The van der Waals surface area contributed by atoms with Crippen LogP contribution < -0.4 is 4.74 Å². The van der Waals surface area contributed by atoms with Crippen LogP contribution in [0.5, 0.6) is 5.75 Å². The molecule has 2 aromatic carbocycles. The van der Waals surface area contributed by atoms with E-state index in [0.717, 1.165) is 54.0 Å². The van der Waals surface area contributed by atoms with Crippen molar-refractivity contribution in [3.8, 4) is 16.9 Å². The van der Waals surface area contributed by atoms with E-state index >= 15 is 0 Å². The van der Waals surface area contributed by atoms with Crippen molar-refractivity contribution in [3.63, 3.8) is 0 Å². The van der Waals surface area contributed by atoms with E-state index in [4.69, 9.17) is 4.74 Å². The molecule has 1 nitrogen and oxygen atoms in total. The Morgan fingerprint density at radius 3 is 2.56 bits per heavy atom. The van der Waals surface area contributed by atoms with Crippen LogP contribution in [0.15, 0.2) is 36.4 Å². The second-order valence-corrected chi connectivity index (χ2v) is 8.27. The Hall–Kier alpha value is -1.90. The maximum atomic E-state index is 14.9. The summed E-state index contributed by atoms with van der Waals surface area (Å²) in [6, 6.07) is 11.6. The third kappa shape index (κ3) is 4.02. The molecule has 4 rings (SSSR count). The average Bonchev–Trinajstić information content (AvgIpc) is 2.68. The number of ether oxygens (including phenoxy) is 1. The van der Waals surface area contributed by atoms with Gasteiger partial charge in [0.2, 0.25) is 0 Å². The molecule has 2 aromatic rings. The van der Waals surface area contributed by atoms with Crippen LogP contribution in [0.4, 0.5) is 8.78 Å². The van der Waals surface area contributed by atoms with Gasteiger partial charge in [-0.25, -0.2) is 4.39 Å². The topological polar surface area (TPSA) is 9.23 Å². The van der Waals surface area contributed by atoms with Crippen LogP contribution in [-0.2, 0) is 6.42 Å². The molecule has 1 aliphatic heterocycles. The minimum absolute atomic E-state index is 0.0393. The molecule has 3 heteroatoms. The molecule has 0 aromatic heterocycles. The van der Waals surface area contributed by atoms with E-state index in [-0.39, 0.29) is 18.6 Å². The number of rotatable bonds is 4. The zero-order valence-corrected chi connectivity index (χ0v) is 16.0. The van der Waals surface area contributed by atoms with Gasteiger partial charge >= 0.3 is 0 Å². The Morgan fingerprint density at radius 2 is 1.81 bits per heavy atom. The van der Waals surface area contributed by atoms with Crippen LogP contribution in [0.2, 0.25) is 0 Å². The van der Waals surface area contributed by atoms with Crippen molar-refractivity contribution in [1.82, 2.24) is 0 Å². The van der Waals surface area contributed by atoms with Crippen molar-refractivity contribution >= 4 is 0 Å². The number of alkyl halides is 1. The molecule has 0 amide bonds. The fourth-order valence-electron chi connectivity index (χ4n) is 4.55. The summed E-state index contributed by atoms with van der Waals surface area (Å²) in [7, 11) is 0. The molecule has 1 heterocycles. The molecule has 0 saturated heterocycles. The molecule has 1 unspecified atom stereocenters. The zero-order chi connectivity index (χ0) is 18.8. The molecule has 144 valence electrons. The largest absolute Gasteiger partial charge is 0.490 e. The Labute approximate surface area is 160 Å². The molecule has 1 saturated carbocycles. The minimum atomic E-state index is -0.352. The molecule has 1 atom stereocenters. The Balaban J connectivity index is 1.54. The number of hydrogen-bond donors (Lipinski definition) is 0. The highest BCUT2D eigenvalue weighted by Gasteiger charge is 2.22. The summed E-state index contributed by atoms with van der Waals surface area (Å²) in [5.41, 5.74) is 3.77. The predicted octanol–water partition coefficient (Wildman–Crippen LogP) is 6.84.